The summed E-state index contributed by atoms with van der Waals surface area (Å²) in [6.45, 7) is 0. The number of halogens is 2. The molecular weight excluding hydrogens is 215 g/mol. The third-order valence-electron chi connectivity index (χ3n) is 1.46. The molecule has 0 aliphatic rings. The molecule has 0 heterocycles. The first-order valence-corrected chi connectivity index (χ1v) is 3.75. The van der Waals surface area contributed by atoms with Crippen molar-refractivity contribution in [2.24, 2.45) is 5.16 Å². The number of nitrogens with zero attached hydrogens (tertiary/aromatic N) is 2. The fourth-order valence-electron chi connectivity index (χ4n) is 0.855. The van der Waals surface area contributed by atoms with Crippen LogP contribution in [0.25, 0.3) is 0 Å². The van der Waals surface area contributed by atoms with Crippen molar-refractivity contribution in [3.05, 3.63) is 38.7 Å². The van der Waals surface area contributed by atoms with E-state index in [1.165, 1.54) is 0 Å². The molecule has 1 aromatic carbocycles. The van der Waals surface area contributed by atoms with E-state index in [4.69, 9.17) is 16.8 Å². The molecule has 0 aromatic heterocycles. The number of nitro benzene ring substituents is 1. The molecule has 0 amide bonds. The minimum Gasteiger partial charge on any atom is -0.411 e. The van der Waals surface area contributed by atoms with Crippen molar-refractivity contribution in [3.63, 3.8) is 0 Å². The van der Waals surface area contributed by atoms with Crippen molar-refractivity contribution >= 4 is 23.5 Å². The van der Waals surface area contributed by atoms with Gasteiger partial charge in [0.1, 0.15) is 0 Å². The van der Waals surface area contributed by atoms with Crippen LogP contribution in [-0.2, 0) is 0 Å². The van der Waals surface area contributed by atoms with Crippen LogP contribution in [0.3, 0.4) is 0 Å². The summed E-state index contributed by atoms with van der Waals surface area (Å²) in [5.41, 5.74) is -0.647. The number of hydrogen-bond donors (Lipinski definition) is 1. The molecule has 0 bridgehead atoms. The largest absolute Gasteiger partial charge is 0.411 e. The SMILES string of the molecule is O=[N+]([O-])c1cc(C=NO)c(Cl)cc1F. The summed E-state index contributed by atoms with van der Waals surface area (Å²) < 4.78 is 12.9. The molecule has 0 unspecified atom stereocenters. The summed E-state index contributed by atoms with van der Waals surface area (Å²) in [4.78, 5) is 9.42. The van der Waals surface area contributed by atoms with E-state index in [1.54, 1.807) is 0 Å². The molecule has 0 aliphatic carbocycles. The highest BCUT2D eigenvalue weighted by atomic mass is 35.5. The first kappa shape index (κ1) is 10.4. The van der Waals surface area contributed by atoms with E-state index in [0.29, 0.717) is 0 Å². The minimum atomic E-state index is -1.03. The molecule has 7 heteroatoms. The second-order valence-corrected chi connectivity index (χ2v) is 2.73. The zero-order valence-corrected chi connectivity index (χ0v) is 7.40. The second kappa shape index (κ2) is 4.01. The summed E-state index contributed by atoms with van der Waals surface area (Å²) in [5, 5.41) is 21.1. The molecule has 74 valence electrons. The molecule has 5 nitrogen and oxygen atoms in total. The zero-order valence-electron chi connectivity index (χ0n) is 6.65. The van der Waals surface area contributed by atoms with Crippen molar-refractivity contribution in [2.45, 2.75) is 0 Å². The minimum absolute atomic E-state index is 0.0640. The van der Waals surface area contributed by atoms with Gasteiger partial charge in [-0.15, -0.1) is 0 Å². The Morgan fingerprint density at radius 1 is 1.64 bits per heavy atom. The number of nitro groups is 1. The molecule has 1 rings (SSSR count). The van der Waals surface area contributed by atoms with E-state index in [9.17, 15) is 14.5 Å². The Bertz CT molecular complexity index is 408. The maximum atomic E-state index is 12.9. The normalized spacial score (nSPS) is 10.7. The number of hydrogen-bond acceptors (Lipinski definition) is 4. The van der Waals surface area contributed by atoms with Crippen LogP contribution in [0, 0.1) is 15.9 Å². The van der Waals surface area contributed by atoms with E-state index in [-0.39, 0.29) is 10.6 Å². The predicted molar refractivity (Wildman–Crippen MR) is 47.4 cm³/mol. The summed E-state index contributed by atoms with van der Waals surface area (Å²) in [7, 11) is 0. The Morgan fingerprint density at radius 3 is 2.79 bits per heavy atom. The van der Waals surface area contributed by atoms with Crippen molar-refractivity contribution in [3.8, 4) is 0 Å². The van der Waals surface area contributed by atoms with Crippen molar-refractivity contribution < 1.29 is 14.5 Å². The standard InChI is InChI=1S/C7H4ClFN2O3/c8-5-2-6(9)7(11(13)14)1-4(5)3-10-12/h1-3,12H. The summed E-state index contributed by atoms with van der Waals surface area (Å²) >= 11 is 5.52. The van der Waals surface area contributed by atoms with Gasteiger partial charge in [0.2, 0.25) is 5.82 Å². The van der Waals surface area contributed by atoms with E-state index in [1.807, 2.05) is 0 Å². The Balaban J connectivity index is 3.34. The summed E-state index contributed by atoms with van der Waals surface area (Å²) in [6.07, 6.45) is 0.884. The number of benzene rings is 1. The first-order chi connectivity index (χ1) is 6.56. The molecule has 0 fully saturated rings. The Morgan fingerprint density at radius 2 is 2.29 bits per heavy atom. The molecule has 0 atom stereocenters. The first-order valence-electron chi connectivity index (χ1n) is 3.37. The maximum Gasteiger partial charge on any atom is 0.305 e. The van der Waals surface area contributed by atoms with Crippen LogP contribution in [-0.4, -0.2) is 16.3 Å². The van der Waals surface area contributed by atoms with Crippen LogP contribution in [0.4, 0.5) is 10.1 Å². The Hall–Kier alpha value is -1.69. The second-order valence-electron chi connectivity index (χ2n) is 2.33. The smallest absolute Gasteiger partial charge is 0.305 e. The lowest BCUT2D eigenvalue weighted by Crippen LogP contribution is -1.95. The lowest BCUT2D eigenvalue weighted by atomic mass is 10.2. The average Bonchev–Trinajstić information content (AvgIpc) is 2.09. The Kier molecular flexibility index (Phi) is 2.98. The van der Waals surface area contributed by atoms with Gasteiger partial charge in [0.05, 0.1) is 16.2 Å². The fraction of sp³-hybridized carbons (Fsp3) is 0. The topological polar surface area (TPSA) is 75.7 Å². The van der Waals surface area contributed by atoms with Gasteiger partial charge < -0.3 is 5.21 Å². The van der Waals surface area contributed by atoms with Crippen LogP contribution in [0.5, 0.6) is 0 Å². The lowest BCUT2D eigenvalue weighted by Gasteiger charge is -1.98. The quantitative estimate of drug-likeness (QED) is 0.358. The molecule has 0 aliphatic heterocycles. The van der Waals surface area contributed by atoms with Crippen molar-refractivity contribution in [1.29, 1.82) is 0 Å². The molecule has 14 heavy (non-hydrogen) atoms. The van der Waals surface area contributed by atoms with Gasteiger partial charge in [0.15, 0.2) is 0 Å². The zero-order chi connectivity index (χ0) is 10.7. The van der Waals surface area contributed by atoms with Gasteiger partial charge in [-0.05, 0) is 0 Å². The Labute approximate surface area is 82.6 Å². The van der Waals surface area contributed by atoms with Crippen LogP contribution in [0.2, 0.25) is 5.02 Å². The maximum absolute atomic E-state index is 12.9. The molecule has 0 saturated carbocycles. The third kappa shape index (κ3) is 1.97. The van der Waals surface area contributed by atoms with Crippen LogP contribution in [0.1, 0.15) is 5.56 Å². The van der Waals surface area contributed by atoms with Crippen LogP contribution in [0.15, 0.2) is 17.3 Å². The van der Waals surface area contributed by atoms with Gasteiger partial charge in [0.25, 0.3) is 0 Å². The van der Waals surface area contributed by atoms with Gasteiger partial charge in [-0.3, -0.25) is 10.1 Å². The highest BCUT2D eigenvalue weighted by molar-refractivity contribution is 6.33. The van der Waals surface area contributed by atoms with Crippen LogP contribution >= 0.6 is 11.6 Å². The van der Waals surface area contributed by atoms with E-state index < -0.39 is 16.4 Å². The van der Waals surface area contributed by atoms with Gasteiger partial charge >= 0.3 is 5.69 Å². The molecule has 0 spiro atoms. The summed E-state index contributed by atoms with van der Waals surface area (Å²) in [5.74, 6) is -1.03. The van der Waals surface area contributed by atoms with E-state index in [2.05, 4.69) is 5.16 Å². The monoisotopic (exact) mass is 218 g/mol. The van der Waals surface area contributed by atoms with E-state index in [0.717, 1.165) is 18.3 Å². The van der Waals surface area contributed by atoms with Gasteiger partial charge in [0, 0.05) is 17.7 Å². The highest BCUT2D eigenvalue weighted by Gasteiger charge is 2.16. The molecule has 0 radical (unpaired) electrons. The molecule has 1 N–H and O–H groups in total. The van der Waals surface area contributed by atoms with Crippen molar-refractivity contribution in [1.82, 2.24) is 0 Å². The lowest BCUT2D eigenvalue weighted by molar-refractivity contribution is -0.387. The van der Waals surface area contributed by atoms with Gasteiger partial charge in [-0.25, -0.2) is 0 Å². The highest BCUT2D eigenvalue weighted by Crippen LogP contribution is 2.24. The van der Waals surface area contributed by atoms with Gasteiger partial charge in [-0.1, -0.05) is 16.8 Å². The fourth-order valence-corrected chi connectivity index (χ4v) is 1.05. The van der Waals surface area contributed by atoms with Crippen LogP contribution < -0.4 is 0 Å². The number of rotatable bonds is 2. The van der Waals surface area contributed by atoms with Crippen molar-refractivity contribution in [2.75, 3.05) is 0 Å². The summed E-state index contributed by atoms with van der Waals surface area (Å²) in [6, 6.07) is 1.67. The molecular formula is C7H4ClFN2O3. The predicted octanol–water partition coefficient (Wildman–Crippen LogP) is 2.20. The average molecular weight is 219 g/mol. The number of oxime groups is 1. The third-order valence-corrected chi connectivity index (χ3v) is 1.79. The molecule has 0 saturated heterocycles. The van der Waals surface area contributed by atoms with Gasteiger partial charge in [-0.2, -0.15) is 4.39 Å². The van der Waals surface area contributed by atoms with E-state index >= 15 is 0 Å². The molecule has 1 aromatic rings.